The van der Waals surface area contributed by atoms with Crippen LogP contribution in [0.4, 0.5) is 0 Å². The summed E-state index contributed by atoms with van der Waals surface area (Å²) in [6.07, 6.45) is -0.00248. The average Bonchev–Trinajstić information content (AvgIpc) is 3.00. The number of fused-ring (bicyclic) bond motifs is 4. The lowest BCUT2D eigenvalue weighted by Crippen LogP contribution is -2.11. The molecule has 126 valence electrons. The van der Waals surface area contributed by atoms with E-state index in [1.54, 1.807) is 18.2 Å². The number of hydrogen-bond donors (Lipinski definition) is 1. The molecule has 0 fully saturated rings. The molecule has 0 spiro atoms. The lowest BCUT2D eigenvalue weighted by molar-refractivity contribution is -0.153. The highest BCUT2D eigenvalue weighted by Gasteiger charge is 2.16. The van der Waals surface area contributed by atoms with Gasteiger partial charge in [-0.05, 0) is 18.2 Å². The van der Waals surface area contributed by atoms with Crippen LogP contribution in [0.2, 0.25) is 0 Å². The molecule has 2 heterocycles. The lowest BCUT2D eigenvalue weighted by Gasteiger charge is -2.06. The summed E-state index contributed by atoms with van der Waals surface area (Å²) in [6, 6.07) is 12.7. The van der Waals surface area contributed by atoms with Crippen LogP contribution in [0.25, 0.3) is 33.0 Å². The maximum Gasteiger partial charge on any atom is 0.312 e. The molecule has 0 amide bonds. The van der Waals surface area contributed by atoms with Gasteiger partial charge in [-0.1, -0.05) is 24.3 Å². The molecule has 4 aromatic rings. The Kier molecular flexibility index (Phi) is 3.74. The minimum Gasteiger partial charge on any atom is -0.453 e. The van der Waals surface area contributed by atoms with E-state index in [-0.39, 0.29) is 18.6 Å². The molecular weight excluding hydrogens is 322 g/mol. The van der Waals surface area contributed by atoms with Crippen LogP contribution in [0.5, 0.6) is 0 Å². The highest BCUT2D eigenvalue weighted by molar-refractivity contribution is 6.06. The summed E-state index contributed by atoms with van der Waals surface area (Å²) in [5, 5.41) is 1.25. The second-order valence-corrected chi connectivity index (χ2v) is 5.70. The Bertz CT molecular complexity index is 1160. The minimum atomic E-state index is -0.448. The van der Waals surface area contributed by atoms with E-state index < -0.39 is 5.97 Å². The number of aromatic nitrogens is 1. The number of carbonyl (C=O) groups excluding carboxylic acids is 1. The van der Waals surface area contributed by atoms with Crippen molar-refractivity contribution in [3.63, 3.8) is 0 Å². The van der Waals surface area contributed by atoms with E-state index in [1.165, 1.54) is 7.11 Å². The van der Waals surface area contributed by atoms with Crippen LogP contribution < -0.4 is 5.43 Å². The summed E-state index contributed by atoms with van der Waals surface area (Å²) >= 11 is 0. The standard InChI is InChI=1S/C19H15NO5/c1-23-10-24-15(21)9-11-5-4-7-13-17(22)16-19(25-18(11)13)12-6-2-3-8-14(12)20-16/h2-8,20H,9-10H2,1H3. The fourth-order valence-electron chi connectivity index (χ4n) is 2.97. The van der Waals surface area contributed by atoms with Crippen molar-refractivity contribution in [2.75, 3.05) is 13.9 Å². The summed E-state index contributed by atoms with van der Waals surface area (Å²) in [5.41, 5.74) is 2.59. The van der Waals surface area contributed by atoms with Crippen LogP contribution in [0.3, 0.4) is 0 Å². The summed E-state index contributed by atoms with van der Waals surface area (Å²) in [6.45, 7) is -0.111. The number of para-hydroxylation sites is 2. The zero-order chi connectivity index (χ0) is 17.4. The first-order valence-electron chi connectivity index (χ1n) is 7.78. The van der Waals surface area contributed by atoms with Crippen molar-refractivity contribution >= 4 is 38.9 Å². The number of methoxy groups -OCH3 is 1. The van der Waals surface area contributed by atoms with Crippen LogP contribution in [-0.2, 0) is 20.7 Å². The van der Waals surface area contributed by atoms with Gasteiger partial charge in [-0.25, -0.2) is 0 Å². The van der Waals surface area contributed by atoms with Crippen molar-refractivity contribution in [3.05, 3.63) is 58.3 Å². The van der Waals surface area contributed by atoms with E-state index in [0.29, 0.717) is 27.6 Å². The first-order valence-corrected chi connectivity index (χ1v) is 7.78. The predicted octanol–water partition coefficient (Wildman–Crippen LogP) is 3.12. The molecule has 0 aliphatic heterocycles. The van der Waals surface area contributed by atoms with Crippen molar-refractivity contribution in [2.45, 2.75) is 6.42 Å². The number of esters is 1. The summed E-state index contributed by atoms with van der Waals surface area (Å²) in [5.74, 6) is -0.448. The third kappa shape index (κ3) is 2.56. The summed E-state index contributed by atoms with van der Waals surface area (Å²) in [7, 11) is 1.44. The Balaban J connectivity index is 1.94. The molecule has 6 nitrogen and oxygen atoms in total. The zero-order valence-electron chi connectivity index (χ0n) is 13.5. The quantitative estimate of drug-likeness (QED) is 0.457. The molecule has 0 bridgehead atoms. The van der Waals surface area contributed by atoms with Gasteiger partial charge in [0.1, 0.15) is 11.1 Å². The van der Waals surface area contributed by atoms with Crippen LogP contribution in [0.15, 0.2) is 51.7 Å². The number of aromatic amines is 1. The normalized spacial score (nSPS) is 11.4. The smallest absolute Gasteiger partial charge is 0.312 e. The number of carbonyl (C=O) groups is 1. The molecule has 6 heteroatoms. The van der Waals surface area contributed by atoms with E-state index in [1.807, 2.05) is 24.3 Å². The Morgan fingerprint density at radius 2 is 1.88 bits per heavy atom. The molecule has 0 atom stereocenters. The van der Waals surface area contributed by atoms with Gasteiger partial charge in [0, 0.05) is 23.6 Å². The second kappa shape index (κ2) is 6.07. The monoisotopic (exact) mass is 337 g/mol. The molecule has 2 aromatic heterocycles. The van der Waals surface area contributed by atoms with E-state index in [4.69, 9.17) is 13.9 Å². The van der Waals surface area contributed by atoms with Gasteiger partial charge in [-0.2, -0.15) is 0 Å². The number of benzene rings is 2. The Hall–Kier alpha value is -3.12. The number of H-pyrrole nitrogens is 1. The van der Waals surface area contributed by atoms with Crippen molar-refractivity contribution in [2.24, 2.45) is 0 Å². The van der Waals surface area contributed by atoms with Crippen LogP contribution >= 0.6 is 0 Å². The molecule has 0 radical (unpaired) electrons. The lowest BCUT2D eigenvalue weighted by atomic mass is 10.1. The number of hydrogen-bond acceptors (Lipinski definition) is 5. The van der Waals surface area contributed by atoms with Crippen molar-refractivity contribution in [3.8, 4) is 0 Å². The number of ether oxygens (including phenoxy) is 2. The second-order valence-electron chi connectivity index (χ2n) is 5.70. The number of rotatable bonds is 4. The van der Waals surface area contributed by atoms with Gasteiger partial charge in [0.05, 0.1) is 11.8 Å². The van der Waals surface area contributed by atoms with E-state index in [0.717, 1.165) is 10.9 Å². The first-order chi connectivity index (χ1) is 12.2. The van der Waals surface area contributed by atoms with Crippen molar-refractivity contribution < 1.29 is 18.7 Å². The van der Waals surface area contributed by atoms with E-state index in [2.05, 4.69) is 4.98 Å². The molecule has 0 unspecified atom stereocenters. The zero-order valence-corrected chi connectivity index (χ0v) is 13.5. The highest BCUT2D eigenvalue weighted by atomic mass is 16.7. The predicted molar refractivity (Wildman–Crippen MR) is 93.5 cm³/mol. The molecule has 25 heavy (non-hydrogen) atoms. The topological polar surface area (TPSA) is 81.5 Å². The Morgan fingerprint density at radius 1 is 1.08 bits per heavy atom. The minimum absolute atomic E-state index is 0.00248. The molecule has 0 saturated heterocycles. The van der Waals surface area contributed by atoms with Gasteiger partial charge >= 0.3 is 5.97 Å². The fraction of sp³-hybridized carbons (Fsp3) is 0.158. The molecule has 0 saturated carbocycles. The SMILES string of the molecule is COCOC(=O)Cc1cccc2c(=O)c3[nH]c4ccccc4c3oc12. The van der Waals surface area contributed by atoms with Crippen molar-refractivity contribution in [1.29, 1.82) is 0 Å². The highest BCUT2D eigenvalue weighted by Crippen LogP contribution is 2.28. The molecular formula is C19H15NO5. The number of nitrogens with one attached hydrogen (secondary N) is 1. The molecule has 4 rings (SSSR count). The van der Waals surface area contributed by atoms with Gasteiger partial charge in [-0.15, -0.1) is 0 Å². The molecule has 0 aliphatic carbocycles. The molecule has 0 aliphatic rings. The van der Waals surface area contributed by atoms with Gasteiger partial charge in [-0.3, -0.25) is 9.59 Å². The maximum atomic E-state index is 12.8. The molecule has 1 N–H and O–H groups in total. The van der Waals surface area contributed by atoms with Crippen LogP contribution in [0, 0.1) is 0 Å². The third-order valence-corrected chi connectivity index (χ3v) is 4.10. The van der Waals surface area contributed by atoms with Crippen LogP contribution in [-0.4, -0.2) is 24.9 Å². The maximum absolute atomic E-state index is 12.8. The van der Waals surface area contributed by atoms with Gasteiger partial charge in [0.15, 0.2) is 12.4 Å². The van der Waals surface area contributed by atoms with E-state index in [9.17, 15) is 9.59 Å². The third-order valence-electron chi connectivity index (χ3n) is 4.10. The average molecular weight is 337 g/mol. The fourth-order valence-corrected chi connectivity index (χ4v) is 2.97. The van der Waals surface area contributed by atoms with Crippen molar-refractivity contribution in [1.82, 2.24) is 4.98 Å². The Morgan fingerprint density at radius 3 is 2.72 bits per heavy atom. The van der Waals surface area contributed by atoms with Gasteiger partial charge in [0.2, 0.25) is 5.43 Å². The largest absolute Gasteiger partial charge is 0.453 e. The van der Waals surface area contributed by atoms with E-state index >= 15 is 0 Å². The first kappa shape index (κ1) is 15.4. The summed E-state index contributed by atoms with van der Waals surface area (Å²) < 4.78 is 15.7. The molecule has 2 aromatic carbocycles. The van der Waals surface area contributed by atoms with Gasteiger partial charge < -0.3 is 18.9 Å². The summed E-state index contributed by atoms with van der Waals surface area (Å²) in [4.78, 5) is 27.9. The van der Waals surface area contributed by atoms with Gasteiger partial charge in [0.25, 0.3) is 0 Å². The Labute approximate surface area is 142 Å². The van der Waals surface area contributed by atoms with Crippen LogP contribution in [0.1, 0.15) is 5.56 Å².